The van der Waals surface area contributed by atoms with Crippen molar-refractivity contribution in [2.75, 3.05) is 7.11 Å². The van der Waals surface area contributed by atoms with Gasteiger partial charge in [-0.25, -0.2) is 4.68 Å². The lowest BCUT2D eigenvalue weighted by atomic mass is 10.2. The summed E-state index contributed by atoms with van der Waals surface area (Å²) in [7, 11) is 3.25. The smallest absolute Gasteiger partial charge is 0.272 e. The molecular weight excluding hydrogens is 312 g/mol. The van der Waals surface area contributed by atoms with Gasteiger partial charge in [0.05, 0.1) is 7.11 Å². The summed E-state index contributed by atoms with van der Waals surface area (Å²) in [5.41, 5.74) is 1.27. The number of pyridine rings is 1. The van der Waals surface area contributed by atoms with Gasteiger partial charge in [-0.15, -0.1) is 0 Å². The van der Waals surface area contributed by atoms with Gasteiger partial charge in [-0.05, 0) is 27.6 Å². The van der Waals surface area contributed by atoms with E-state index >= 15 is 0 Å². The van der Waals surface area contributed by atoms with Crippen LogP contribution >= 0.6 is 15.9 Å². The second-order valence-corrected chi connectivity index (χ2v) is 4.70. The fourth-order valence-corrected chi connectivity index (χ4v) is 1.96. The van der Waals surface area contributed by atoms with E-state index in [1.54, 1.807) is 25.5 Å². The lowest BCUT2D eigenvalue weighted by Gasteiger charge is -2.04. The van der Waals surface area contributed by atoms with Crippen LogP contribution in [0.1, 0.15) is 16.1 Å². The van der Waals surface area contributed by atoms with Crippen molar-refractivity contribution < 1.29 is 9.53 Å². The fourth-order valence-electron chi connectivity index (χ4n) is 1.57. The molecule has 0 atom stereocenters. The van der Waals surface area contributed by atoms with E-state index in [1.165, 1.54) is 11.8 Å². The van der Waals surface area contributed by atoms with Gasteiger partial charge in [0, 0.05) is 36.5 Å². The van der Waals surface area contributed by atoms with Gasteiger partial charge in [-0.2, -0.15) is 5.10 Å². The highest BCUT2D eigenvalue weighted by atomic mass is 79.9. The fraction of sp³-hybridized carbons (Fsp3) is 0.250. The number of halogens is 1. The Bertz CT molecular complexity index is 597. The van der Waals surface area contributed by atoms with Crippen LogP contribution in [0.15, 0.2) is 29.0 Å². The van der Waals surface area contributed by atoms with Crippen LogP contribution in [0.3, 0.4) is 0 Å². The number of methoxy groups -OCH3 is 1. The summed E-state index contributed by atoms with van der Waals surface area (Å²) in [4.78, 5) is 15.9. The number of hydrogen-bond donors (Lipinski definition) is 1. The summed E-state index contributed by atoms with van der Waals surface area (Å²) in [5.74, 6) is 0.290. The van der Waals surface area contributed by atoms with Crippen LogP contribution in [0, 0.1) is 0 Å². The molecule has 2 heterocycles. The minimum Gasteiger partial charge on any atom is -0.481 e. The Labute approximate surface area is 118 Å². The van der Waals surface area contributed by atoms with Crippen molar-refractivity contribution in [2.24, 2.45) is 7.05 Å². The molecule has 0 saturated carbocycles. The van der Waals surface area contributed by atoms with Gasteiger partial charge in [0.1, 0.15) is 0 Å². The van der Waals surface area contributed by atoms with Crippen LogP contribution in [0.4, 0.5) is 0 Å². The number of hydrogen-bond acceptors (Lipinski definition) is 4. The molecule has 0 bridgehead atoms. The Morgan fingerprint density at radius 2 is 2.37 bits per heavy atom. The van der Waals surface area contributed by atoms with Crippen LogP contribution in [-0.4, -0.2) is 27.8 Å². The number of aryl methyl sites for hydroxylation is 1. The van der Waals surface area contributed by atoms with E-state index in [2.05, 4.69) is 31.3 Å². The first-order valence-electron chi connectivity index (χ1n) is 5.56. The number of carbonyl (C=O) groups is 1. The molecule has 1 N–H and O–H groups in total. The molecule has 19 heavy (non-hydrogen) atoms. The molecule has 0 aromatic carbocycles. The third kappa shape index (κ3) is 3.11. The van der Waals surface area contributed by atoms with E-state index in [0.717, 1.165) is 10.0 Å². The van der Waals surface area contributed by atoms with Crippen molar-refractivity contribution in [3.8, 4) is 5.88 Å². The Hall–Kier alpha value is -1.89. The van der Waals surface area contributed by atoms with Crippen LogP contribution < -0.4 is 10.1 Å². The summed E-state index contributed by atoms with van der Waals surface area (Å²) in [6.45, 7) is 0.404. The highest BCUT2D eigenvalue weighted by molar-refractivity contribution is 9.10. The average Bonchev–Trinajstić information content (AvgIpc) is 2.79. The number of amides is 1. The Balaban J connectivity index is 2.03. The standard InChI is InChI=1S/C12H13BrN4O2/c1-17-11(19-2)5-10(16-17)12(18)15-6-8-3-4-14-7-9(8)13/h3-5,7H,6H2,1-2H3,(H,15,18). The Kier molecular flexibility index (Phi) is 4.16. The van der Waals surface area contributed by atoms with E-state index in [1.807, 2.05) is 6.07 Å². The van der Waals surface area contributed by atoms with Crippen LogP contribution in [0.2, 0.25) is 0 Å². The Morgan fingerprint density at radius 3 is 3.00 bits per heavy atom. The summed E-state index contributed by atoms with van der Waals surface area (Å²) in [6, 6.07) is 3.43. The second kappa shape index (κ2) is 5.83. The molecule has 0 aliphatic heterocycles. The summed E-state index contributed by atoms with van der Waals surface area (Å²) in [6.07, 6.45) is 3.36. The van der Waals surface area contributed by atoms with E-state index in [4.69, 9.17) is 4.74 Å². The quantitative estimate of drug-likeness (QED) is 0.925. The van der Waals surface area contributed by atoms with Gasteiger partial charge >= 0.3 is 0 Å². The number of carbonyl (C=O) groups excluding carboxylic acids is 1. The minimum absolute atomic E-state index is 0.248. The van der Waals surface area contributed by atoms with E-state index in [-0.39, 0.29) is 5.91 Å². The Morgan fingerprint density at radius 1 is 1.58 bits per heavy atom. The highest BCUT2D eigenvalue weighted by Gasteiger charge is 2.13. The van der Waals surface area contributed by atoms with E-state index in [9.17, 15) is 4.79 Å². The number of aromatic nitrogens is 3. The zero-order valence-electron chi connectivity index (χ0n) is 10.6. The zero-order valence-corrected chi connectivity index (χ0v) is 12.1. The lowest BCUT2D eigenvalue weighted by Crippen LogP contribution is -2.23. The van der Waals surface area contributed by atoms with Crippen molar-refractivity contribution >= 4 is 21.8 Å². The molecule has 0 unspecified atom stereocenters. The maximum Gasteiger partial charge on any atom is 0.272 e. The number of rotatable bonds is 4. The minimum atomic E-state index is -0.248. The van der Waals surface area contributed by atoms with Gasteiger partial charge in [0.15, 0.2) is 5.69 Å². The molecule has 2 aromatic heterocycles. The molecule has 100 valence electrons. The third-order valence-electron chi connectivity index (χ3n) is 2.57. The van der Waals surface area contributed by atoms with Crippen molar-refractivity contribution in [1.29, 1.82) is 0 Å². The molecule has 0 spiro atoms. The molecule has 0 saturated heterocycles. The number of ether oxygens (including phenoxy) is 1. The first-order valence-corrected chi connectivity index (χ1v) is 6.35. The van der Waals surface area contributed by atoms with E-state index < -0.39 is 0 Å². The maximum atomic E-state index is 11.9. The van der Waals surface area contributed by atoms with Crippen molar-refractivity contribution in [2.45, 2.75) is 6.54 Å². The summed E-state index contributed by atoms with van der Waals surface area (Å²) < 4.78 is 7.43. The largest absolute Gasteiger partial charge is 0.481 e. The molecule has 0 fully saturated rings. The topological polar surface area (TPSA) is 69.0 Å². The maximum absolute atomic E-state index is 11.9. The van der Waals surface area contributed by atoms with E-state index in [0.29, 0.717) is 18.1 Å². The first kappa shape index (κ1) is 13.5. The molecule has 0 radical (unpaired) electrons. The van der Waals surface area contributed by atoms with Crippen LogP contribution in [-0.2, 0) is 13.6 Å². The number of nitrogens with one attached hydrogen (secondary N) is 1. The lowest BCUT2D eigenvalue weighted by molar-refractivity contribution is 0.0945. The normalized spacial score (nSPS) is 10.3. The van der Waals surface area contributed by atoms with Gasteiger partial charge in [-0.3, -0.25) is 9.78 Å². The van der Waals surface area contributed by atoms with Gasteiger partial charge in [0.25, 0.3) is 5.91 Å². The summed E-state index contributed by atoms with van der Waals surface area (Å²) in [5, 5.41) is 6.86. The SMILES string of the molecule is COc1cc(C(=O)NCc2ccncc2Br)nn1C. The second-order valence-electron chi connectivity index (χ2n) is 3.85. The molecular formula is C12H13BrN4O2. The van der Waals surface area contributed by atoms with Crippen molar-refractivity contribution in [3.63, 3.8) is 0 Å². The summed E-state index contributed by atoms with van der Waals surface area (Å²) >= 11 is 3.38. The van der Waals surface area contributed by atoms with Crippen molar-refractivity contribution in [3.05, 3.63) is 40.3 Å². The molecule has 1 amide bonds. The average molecular weight is 325 g/mol. The van der Waals surface area contributed by atoms with Crippen molar-refractivity contribution in [1.82, 2.24) is 20.1 Å². The highest BCUT2D eigenvalue weighted by Crippen LogP contribution is 2.14. The number of nitrogens with zero attached hydrogens (tertiary/aromatic N) is 3. The van der Waals surface area contributed by atoms with Gasteiger partial charge in [0.2, 0.25) is 5.88 Å². The molecule has 2 rings (SSSR count). The molecule has 6 nitrogen and oxygen atoms in total. The third-order valence-corrected chi connectivity index (χ3v) is 3.29. The predicted octanol–water partition coefficient (Wildman–Crippen LogP) is 1.52. The zero-order chi connectivity index (χ0) is 13.8. The molecule has 2 aromatic rings. The predicted molar refractivity (Wildman–Crippen MR) is 72.9 cm³/mol. The van der Waals surface area contributed by atoms with Gasteiger partial charge < -0.3 is 10.1 Å². The first-order chi connectivity index (χ1) is 9.11. The monoisotopic (exact) mass is 324 g/mol. The van der Waals surface area contributed by atoms with Crippen LogP contribution in [0.5, 0.6) is 5.88 Å². The van der Waals surface area contributed by atoms with Gasteiger partial charge in [-0.1, -0.05) is 0 Å². The molecule has 0 aliphatic carbocycles. The van der Waals surface area contributed by atoms with Crippen LogP contribution in [0.25, 0.3) is 0 Å². The molecule has 7 heteroatoms. The molecule has 0 aliphatic rings.